The molecule has 124 valence electrons. The first-order chi connectivity index (χ1) is 9.36. The second kappa shape index (κ2) is 7.48. The number of methoxy groups -OCH3 is 1. The standard InChI is InChI=1S/C12H20F3NO5/c1-11(2,3)21-10(19)16-7(5-6-8(17)20-4)9(18)12(13,14)15/h7,9,18H,5-6H2,1-4H3,(H,16,19). The number of esters is 1. The van der Waals surface area contributed by atoms with E-state index in [-0.39, 0.29) is 6.42 Å². The predicted octanol–water partition coefficient (Wildman–Crippen LogP) is 1.76. The van der Waals surface area contributed by atoms with Crippen molar-refractivity contribution in [2.24, 2.45) is 0 Å². The molecule has 0 heterocycles. The zero-order chi connectivity index (χ0) is 16.8. The molecule has 2 atom stereocenters. The summed E-state index contributed by atoms with van der Waals surface area (Å²) in [5.74, 6) is -0.750. The highest BCUT2D eigenvalue weighted by molar-refractivity contribution is 5.70. The molecule has 0 aliphatic carbocycles. The fraction of sp³-hybridized carbons (Fsp3) is 0.833. The normalized spacial score (nSPS) is 15.0. The molecule has 0 aromatic carbocycles. The Kier molecular flexibility index (Phi) is 6.95. The molecule has 1 amide bonds. The van der Waals surface area contributed by atoms with Gasteiger partial charge >= 0.3 is 18.2 Å². The van der Waals surface area contributed by atoms with Crippen LogP contribution >= 0.6 is 0 Å². The van der Waals surface area contributed by atoms with E-state index in [2.05, 4.69) is 4.74 Å². The van der Waals surface area contributed by atoms with Gasteiger partial charge in [-0.05, 0) is 27.2 Å². The number of amides is 1. The number of alkyl carbamates (subject to hydrolysis) is 1. The van der Waals surface area contributed by atoms with Crippen molar-refractivity contribution in [3.8, 4) is 0 Å². The summed E-state index contributed by atoms with van der Waals surface area (Å²) in [5.41, 5.74) is -0.903. The Balaban J connectivity index is 4.80. The predicted molar refractivity (Wildman–Crippen MR) is 66.5 cm³/mol. The summed E-state index contributed by atoms with van der Waals surface area (Å²) in [6.45, 7) is 4.61. The Morgan fingerprint density at radius 1 is 1.24 bits per heavy atom. The van der Waals surface area contributed by atoms with Crippen molar-refractivity contribution < 1.29 is 37.3 Å². The summed E-state index contributed by atoms with van der Waals surface area (Å²) >= 11 is 0. The van der Waals surface area contributed by atoms with E-state index in [1.165, 1.54) is 20.8 Å². The minimum absolute atomic E-state index is 0.385. The highest BCUT2D eigenvalue weighted by Gasteiger charge is 2.44. The molecule has 0 aliphatic heterocycles. The molecule has 21 heavy (non-hydrogen) atoms. The molecule has 9 heteroatoms. The summed E-state index contributed by atoms with van der Waals surface area (Å²) in [7, 11) is 1.08. The molecule has 0 saturated carbocycles. The maximum Gasteiger partial charge on any atom is 0.416 e. The highest BCUT2D eigenvalue weighted by Crippen LogP contribution is 2.24. The van der Waals surface area contributed by atoms with Gasteiger partial charge in [0.1, 0.15) is 5.60 Å². The minimum atomic E-state index is -4.93. The van der Waals surface area contributed by atoms with Crippen LogP contribution in [0.15, 0.2) is 0 Å². The second-order valence-electron chi connectivity index (χ2n) is 5.35. The molecule has 0 spiro atoms. The third-order valence-corrected chi connectivity index (χ3v) is 2.31. The number of ether oxygens (including phenoxy) is 2. The van der Waals surface area contributed by atoms with Crippen molar-refractivity contribution in [3.63, 3.8) is 0 Å². The Labute approximate surface area is 120 Å². The quantitative estimate of drug-likeness (QED) is 0.755. The van der Waals surface area contributed by atoms with Crippen molar-refractivity contribution in [1.29, 1.82) is 0 Å². The number of hydrogen-bond acceptors (Lipinski definition) is 5. The molecule has 0 rings (SSSR count). The van der Waals surface area contributed by atoms with E-state index in [1.807, 2.05) is 5.32 Å². The van der Waals surface area contributed by atoms with Crippen LogP contribution in [0.25, 0.3) is 0 Å². The van der Waals surface area contributed by atoms with E-state index in [1.54, 1.807) is 0 Å². The lowest BCUT2D eigenvalue weighted by atomic mass is 10.1. The van der Waals surface area contributed by atoms with Crippen LogP contribution < -0.4 is 5.32 Å². The second-order valence-corrected chi connectivity index (χ2v) is 5.35. The molecule has 0 aliphatic rings. The first kappa shape index (κ1) is 19.5. The topological polar surface area (TPSA) is 84.9 Å². The monoisotopic (exact) mass is 315 g/mol. The van der Waals surface area contributed by atoms with Gasteiger partial charge in [0.15, 0.2) is 6.10 Å². The summed E-state index contributed by atoms with van der Waals surface area (Å²) < 4.78 is 46.7. The number of aliphatic hydroxyl groups excluding tert-OH is 1. The fourth-order valence-corrected chi connectivity index (χ4v) is 1.37. The summed E-state index contributed by atoms with van der Waals surface area (Å²) in [6.07, 6.45) is -9.68. The molecule has 0 aromatic heterocycles. The molecule has 2 unspecified atom stereocenters. The highest BCUT2D eigenvalue weighted by atomic mass is 19.4. The van der Waals surface area contributed by atoms with E-state index in [4.69, 9.17) is 4.74 Å². The number of carbonyl (C=O) groups excluding carboxylic acids is 2. The van der Waals surface area contributed by atoms with E-state index in [9.17, 15) is 27.9 Å². The molecule has 2 N–H and O–H groups in total. The van der Waals surface area contributed by atoms with Gasteiger partial charge in [-0.2, -0.15) is 13.2 Å². The summed E-state index contributed by atoms with van der Waals surface area (Å²) in [5, 5.41) is 11.2. The van der Waals surface area contributed by atoms with Gasteiger partial charge in [-0.3, -0.25) is 4.79 Å². The zero-order valence-corrected chi connectivity index (χ0v) is 12.3. The van der Waals surface area contributed by atoms with Gasteiger partial charge < -0.3 is 19.9 Å². The molecule has 6 nitrogen and oxygen atoms in total. The fourth-order valence-electron chi connectivity index (χ4n) is 1.37. The molecule has 0 fully saturated rings. The van der Waals surface area contributed by atoms with Crippen LogP contribution in [0.1, 0.15) is 33.6 Å². The Morgan fingerprint density at radius 3 is 2.14 bits per heavy atom. The zero-order valence-electron chi connectivity index (χ0n) is 12.3. The molecular weight excluding hydrogens is 295 g/mol. The van der Waals surface area contributed by atoms with Gasteiger partial charge in [-0.25, -0.2) is 4.79 Å². The Morgan fingerprint density at radius 2 is 1.76 bits per heavy atom. The van der Waals surface area contributed by atoms with Gasteiger partial charge in [-0.15, -0.1) is 0 Å². The van der Waals surface area contributed by atoms with Crippen LogP contribution in [0, 0.1) is 0 Å². The number of aliphatic hydroxyl groups is 1. The Bertz CT molecular complexity index is 365. The van der Waals surface area contributed by atoms with Crippen LogP contribution in [-0.4, -0.2) is 48.2 Å². The third-order valence-electron chi connectivity index (χ3n) is 2.31. The molecular formula is C12H20F3NO5. The maximum atomic E-state index is 12.5. The van der Waals surface area contributed by atoms with Gasteiger partial charge in [0.05, 0.1) is 13.2 Å². The number of nitrogens with one attached hydrogen (secondary N) is 1. The van der Waals surface area contributed by atoms with E-state index in [0.717, 1.165) is 7.11 Å². The lowest BCUT2D eigenvalue weighted by Gasteiger charge is -2.27. The van der Waals surface area contributed by atoms with Crippen LogP contribution in [-0.2, 0) is 14.3 Å². The molecule has 0 saturated heterocycles. The number of hydrogen-bond donors (Lipinski definition) is 2. The van der Waals surface area contributed by atoms with E-state index >= 15 is 0 Å². The molecule has 0 aromatic rings. The van der Waals surface area contributed by atoms with Crippen molar-refractivity contribution in [2.75, 3.05) is 7.11 Å². The third kappa shape index (κ3) is 8.38. The first-order valence-electron chi connectivity index (χ1n) is 6.18. The maximum absolute atomic E-state index is 12.5. The largest absolute Gasteiger partial charge is 0.469 e. The first-order valence-corrected chi connectivity index (χ1v) is 6.18. The van der Waals surface area contributed by atoms with Gasteiger partial charge in [0, 0.05) is 6.42 Å². The molecule has 0 bridgehead atoms. The average Bonchev–Trinajstić information content (AvgIpc) is 2.29. The van der Waals surface area contributed by atoms with Crippen molar-refractivity contribution in [2.45, 2.75) is 57.5 Å². The average molecular weight is 315 g/mol. The number of carbonyl (C=O) groups is 2. The van der Waals surface area contributed by atoms with Gasteiger partial charge in [0.25, 0.3) is 0 Å². The van der Waals surface area contributed by atoms with Crippen LogP contribution in [0.4, 0.5) is 18.0 Å². The lowest BCUT2D eigenvalue weighted by Crippen LogP contribution is -2.51. The van der Waals surface area contributed by atoms with Crippen molar-refractivity contribution in [3.05, 3.63) is 0 Å². The van der Waals surface area contributed by atoms with Crippen molar-refractivity contribution in [1.82, 2.24) is 5.32 Å². The SMILES string of the molecule is COC(=O)CCC(NC(=O)OC(C)(C)C)C(O)C(F)(F)F. The number of alkyl halides is 3. The van der Waals surface area contributed by atoms with Crippen LogP contribution in [0.5, 0.6) is 0 Å². The van der Waals surface area contributed by atoms with Gasteiger partial charge in [-0.1, -0.05) is 0 Å². The van der Waals surface area contributed by atoms with Crippen LogP contribution in [0.2, 0.25) is 0 Å². The minimum Gasteiger partial charge on any atom is -0.469 e. The Hall–Kier alpha value is -1.51. The van der Waals surface area contributed by atoms with Gasteiger partial charge in [0.2, 0.25) is 0 Å². The van der Waals surface area contributed by atoms with E-state index < -0.39 is 42.4 Å². The smallest absolute Gasteiger partial charge is 0.416 e. The van der Waals surface area contributed by atoms with E-state index in [0.29, 0.717) is 0 Å². The number of halogens is 3. The number of rotatable bonds is 5. The summed E-state index contributed by atoms with van der Waals surface area (Å²) in [6, 6.07) is -1.71. The van der Waals surface area contributed by atoms with Crippen LogP contribution in [0.3, 0.4) is 0 Å². The van der Waals surface area contributed by atoms with Crippen molar-refractivity contribution >= 4 is 12.1 Å². The molecule has 0 radical (unpaired) electrons. The lowest BCUT2D eigenvalue weighted by molar-refractivity contribution is -0.212. The summed E-state index contributed by atoms with van der Waals surface area (Å²) in [4.78, 5) is 22.5.